The van der Waals surface area contributed by atoms with E-state index in [4.69, 9.17) is 16.3 Å². The number of carbonyl (C=O) groups excluding carboxylic acids is 1. The standard InChI is InChI=1S/C24H27ClF3N3O2/c1-23(2,3)33-22(32)31-9-4-5-20(31)18-12-16(25)11-15-7-10-30(14-19(15)18)17-6-8-29-21(13-17)24(26,27)28/h6,8,11-13,20H,4-5,7,9-10,14H2,1-3H3. The minimum absolute atomic E-state index is 0.185. The number of halogens is 4. The summed E-state index contributed by atoms with van der Waals surface area (Å²) in [6.45, 7) is 7.08. The minimum atomic E-state index is -4.50. The first-order valence-corrected chi connectivity index (χ1v) is 11.4. The monoisotopic (exact) mass is 481 g/mol. The number of likely N-dealkylation sites (tertiary alicyclic amines) is 1. The van der Waals surface area contributed by atoms with Gasteiger partial charge in [-0.15, -0.1) is 0 Å². The van der Waals surface area contributed by atoms with Crippen molar-refractivity contribution in [1.29, 1.82) is 0 Å². The molecule has 2 aliphatic heterocycles. The molecule has 1 aromatic carbocycles. The van der Waals surface area contributed by atoms with Crippen molar-refractivity contribution in [3.05, 3.63) is 57.9 Å². The van der Waals surface area contributed by atoms with Gasteiger partial charge in [-0.25, -0.2) is 4.79 Å². The second-order valence-corrected chi connectivity index (χ2v) is 9.97. The maximum Gasteiger partial charge on any atom is 0.433 e. The second kappa shape index (κ2) is 8.70. The lowest BCUT2D eigenvalue weighted by Gasteiger charge is -2.35. The van der Waals surface area contributed by atoms with Crippen molar-refractivity contribution >= 4 is 23.4 Å². The van der Waals surface area contributed by atoms with Gasteiger partial charge in [0, 0.05) is 36.5 Å². The molecule has 0 spiro atoms. The van der Waals surface area contributed by atoms with E-state index in [0.29, 0.717) is 36.8 Å². The van der Waals surface area contributed by atoms with Crippen molar-refractivity contribution in [2.24, 2.45) is 0 Å². The molecule has 1 saturated heterocycles. The zero-order valence-corrected chi connectivity index (χ0v) is 19.6. The van der Waals surface area contributed by atoms with Crippen LogP contribution >= 0.6 is 11.6 Å². The van der Waals surface area contributed by atoms with Crippen molar-refractivity contribution in [3.8, 4) is 0 Å². The molecule has 3 heterocycles. The Balaban J connectivity index is 1.66. The summed E-state index contributed by atoms with van der Waals surface area (Å²) in [5.41, 5.74) is 1.97. The molecule has 9 heteroatoms. The van der Waals surface area contributed by atoms with Crippen LogP contribution in [0.5, 0.6) is 0 Å². The van der Waals surface area contributed by atoms with Gasteiger partial charge in [0.25, 0.3) is 0 Å². The Hall–Kier alpha value is -2.48. The van der Waals surface area contributed by atoms with Crippen LogP contribution in [0.4, 0.5) is 23.7 Å². The minimum Gasteiger partial charge on any atom is -0.444 e. The summed E-state index contributed by atoms with van der Waals surface area (Å²) < 4.78 is 45.1. The molecule has 1 unspecified atom stereocenters. The quantitative estimate of drug-likeness (QED) is 0.498. The summed E-state index contributed by atoms with van der Waals surface area (Å²) in [7, 11) is 0. The van der Waals surface area contributed by atoms with Crippen molar-refractivity contribution in [3.63, 3.8) is 0 Å². The van der Waals surface area contributed by atoms with Crippen LogP contribution in [0.1, 0.15) is 62.0 Å². The number of hydrogen-bond acceptors (Lipinski definition) is 4. The Morgan fingerprint density at radius 3 is 2.64 bits per heavy atom. The van der Waals surface area contributed by atoms with Gasteiger partial charge < -0.3 is 14.5 Å². The van der Waals surface area contributed by atoms with E-state index >= 15 is 0 Å². The molecule has 4 rings (SSSR count). The van der Waals surface area contributed by atoms with Crippen LogP contribution in [0, 0.1) is 0 Å². The number of benzene rings is 1. The largest absolute Gasteiger partial charge is 0.444 e. The molecule has 33 heavy (non-hydrogen) atoms. The van der Waals surface area contributed by atoms with Crippen LogP contribution in [-0.2, 0) is 23.9 Å². The molecule has 2 aliphatic rings. The van der Waals surface area contributed by atoms with E-state index in [1.54, 1.807) is 11.0 Å². The third kappa shape index (κ3) is 5.21. The highest BCUT2D eigenvalue weighted by molar-refractivity contribution is 6.30. The molecule has 0 bridgehead atoms. The molecule has 1 fully saturated rings. The van der Waals surface area contributed by atoms with Crippen LogP contribution in [0.2, 0.25) is 5.02 Å². The molecule has 1 aromatic heterocycles. The number of hydrogen-bond donors (Lipinski definition) is 0. The number of fused-ring (bicyclic) bond motifs is 1. The van der Waals surface area contributed by atoms with Gasteiger partial charge in [0.05, 0.1) is 6.04 Å². The summed E-state index contributed by atoms with van der Waals surface area (Å²) in [6, 6.07) is 6.29. The zero-order valence-electron chi connectivity index (χ0n) is 18.9. The van der Waals surface area contributed by atoms with Crippen molar-refractivity contribution in [2.75, 3.05) is 18.0 Å². The topological polar surface area (TPSA) is 45.7 Å². The van der Waals surface area contributed by atoms with E-state index in [1.165, 1.54) is 6.20 Å². The molecule has 178 valence electrons. The van der Waals surface area contributed by atoms with Crippen LogP contribution in [0.15, 0.2) is 30.5 Å². The maximum atomic E-state index is 13.2. The number of nitrogens with zero attached hydrogens (tertiary/aromatic N) is 3. The van der Waals surface area contributed by atoms with Crippen molar-refractivity contribution in [2.45, 2.75) is 64.4 Å². The van der Waals surface area contributed by atoms with E-state index in [2.05, 4.69) is 4.98 Å². The van der Waals surface area contributed by atoms with Crippen molar-refractivity contribution < 1.29 is 22.7 Å². The SMILES string of the molecule is CC(C)(C)OC(=O)N1CCCC1c1cc(Cl)cc2c1CN(c1ccnc(C(F)(F)F)c1)CC2. The number of amides is 1. The molecular formula is C24H27ClF3N3O2. The molecule has 0 radical (unpaired) electrons. The Kier molecular flexibility index (Phi) is 6.24. The van der Waals surface area contributed by atoms with E-state index in [9.17, 15) is 18.0 Å². The number of ether oxygens (including phenoxy) is 1. The Morgan fingerprint density at radius 1 is 1.18 bits per heavy atom. The number of pyridine rings is 1. The first-order chi connectivity index (χ1) is 15.4. The van der Waals surface area contributed by atoms with Gasteiger partial charge in [0.15, 0.2) is 0 Å². The Bertz CT molecular complexity index is 1050. The lowest BCUT2D eigenvalue weighted by Crippen LogP contribution is -2.37. The average molecular weight is 482 g/mol. The Morgan fingerprint density at radius 2 is 1.94 bits per heavy atom. The lowest BCUT2D eigenvalue weighted by molar-refractivity contribution is -0.141. The predicted molar refractivity (Wildman–Crippen MR) is 120 cm³/mol. The maximum absolute atomic E-state index is 13.2. The van der Waals surface area contributed by atoms with Gasteiger partial charge in [0.1, 0.15) is 11.3 Å². The lowest BCUT2D eigenvalue weighted by atomic mass is 9.90. The summed E-state index contributed by atoms with van der Waals surface area (Å²) >= 11 is 6.44. The van der Waals surface area contributed by atoms with Crippen LogP contribution in [0.3, 0.4) is 0 Å². The number of alkyl halides is 3. The highest BCUT2D eigenvalue weighted by Crippen LogP contribution is 2.40. The molecular weight excluding hydrogens is 455 g/mol. The highest BCUT2D eigenvalue weighted by Gasteiger charge is 2.36. The Labute approximate surface area is 196 Å². The third-order valence-electron chi connectivity index (χ3n) is 5.98. The molecule has 2 aromatic rings. The van der Waals surface area contributed by atoms with Gasteiger partial charge in [-0.2, -0.15) is 13.2 Å². The van der Waals surface area contributed by atoms with Gasteiger partial charge in [-0.1, -0.05) is 11.6 Å². The normalized spacial score (nSPS) is 18.9. The van der Waals surface area contributed by atoms with Crippen LogP contribution < -0.4 is 4.90 Å². The summed E-state index contributed by atoms with van der Waals surface area (Å²) in [5, 5.41) is 0.594. The molecule has 0 aliphatic carbocycles. The highest BCUT2D eigenvalue weighted by atomic mass is 35.5. The molecule has 0 saturated carbocycles. The molecule has 5 nitrogen and oxygen atoms in total. The molecule has 1 atom stereocenters. The van der Waals surface area contributed by atoms with Gasteiger partial charge >= 0.3 is 12.3 Å². The number of anilines is 1. The predicted octanol–water partition coefficient (Wildman–Crippen LogP) is 6.39. The average Bonchev–Trinajstić information content (AvgIpc) is 3.21. The van der Waals surface area contributed by atoms with Crippen molar-refractivity contribution in [1.82, 2.24) is 9.88 Å². The van der Waals surface area contributed by atoms with E-state index in [-0.39, 0.29) is 12.1 Å². The summed E-state index contributed by atoms with van der Waals surface area (Å²) in [4.78, 5) is 20.0. The number of rotatable bonds is 2. The smallest absolute Gasteiger partial charge is 0.433 e. The fourth-order valence-electron chi connectivity index (χ4n) is 4.58. The third-order valence-corrected chi connectivity index (χ3v) is 6.20. The van der Waals surface area contributed by atoms with Gasteiger partial charge in [-0.05, 0) is 81.0 Å². The van der Waals surface area contributed by atoms with Crippen LogP contribution in [-0.4, -0.2) is 34.7 Å². The molecule has 1 amide bonds. The number of aromatic nitrogens is 1. The fourth-order valence-corrected chi connectivity index (χ4v) is 4.82. The summed E-state index contributed by atoms with van der Waals surface area (Å²) in [5.74, 6) is 0. The molecule has 0 N–H and O–H groups in total. The van der Waals surface area contributed by atoms with E-state index in [1.807, 2.05) is 37.8 Å². The number of carbonyl (C=O) groups is 1. The van der Waals surface area contributed by atoms with E-state index < -0.39 is 17.5 Å². The first kappa shape index (κ1) is 23.7. The van der Waals surface area contributed by atoms with Crippen LogP contribution in [0.25, 0.3) is 0 Å². The first-order valence-electron chi connectivity index (χ1n) is 11.0. The summed E-state index contributed by atoms with van der Waals surface area (Å²) in [6.07, 6.45) is -1.41. The van der Waals surface area contributed by atoms with E-state index in [0.717, 1.165) is 35.6 Å². The second-order valence-electron chi connectivity index (χ2n) is 9.53. The fraction of sp³-hybridized carbons (Fsp3) is 0.500. The zero-order chi connectivity index (χ0) is 24.0. The van der Waals surface area contributed by atoms with Gasteiger partial charge in [0.2, 0.25) is 0 Å². The van der Waals surface area contributed by atoms with Gasteiger partial charge in [-0.3, -0.25) is 4.98 Å².